The molecule has 18 heavy (non-hydrogen) atoms. The number of nitrogens with zero attached hydrogens (tertiary/aromatic N) is 1. The summed E-state index contributed by atoms with van der Waals surface area (Å²) in [5, 5.41) is 8.81. The first kappa shape index (κ1) is 14.7. The normalized spacial score (nSPS) is 12.9. The van der Waals surface area contributed by atoms with Gasteiger partial charge < -0.3 is 5.11 Å². The summed E-state index contributed by atoms with van der Waals surface area (Å²) in [4.78, 5) is 12.6. The molecule has 0 saturated carbocycles. The highest BCUT2D eigenvalue weighted by Crippen LogP contribution is 2.24. The molecule has 100 valence electrons. The maximum absolute atomic E-state index is 10.7. The lowest BCUT2D eigenvalue weighted by atomic mass is 9.90. The minimum atomic E-state index is -0.770. The second-order valence-electron chi connectivity index (χ2n) is 5.33. The molecule has 1 N–H and O–H groups in total. The van der Waals surface area contributed by atoms with E-state index in [1.165, 1.54) is 5.56 Å². The molecule has 0 amide bonds. The molecule has 0 aliphatic rings. The van der Waals surface area contributed by atoms with Crippen LogP contribution in [0.15, 0.2) is 30.3 Å². The fourth-order valence-electron chi connectivity index (χ4n) is 2.28. The van der Waals surface area contributed by atoms with E-state index in [-0.39, 0.29) is 6.54 Å². The Bertz CT molecular complexity index is 362. The lowest BCUT2D eigenvalue weighted by Gasteiger charge is -2.24. The van der Waals surface area contributed by atoms with Crippen molar-refractivity contribution in [3.8, 4) is 0 Å². The Morgan fingerprint density at radius 3 is 2.39 bits per heavy atom. The van der Waals surface area contributed by atoms with Gasteiger partial charge in [0, 0.05) is 6.54 Å². The van der Waals surface area contributed by atoms with Crippen LogP contribution in [0.1, 0.15) is 31.7 Å². The molecule has 0 spiro atoms. The topological polar surface area (TPSA) is 40.5 Å². The lowest BCUT2D eigenvalue weighted by Crippen LogP contribution is -2.30. The van der Waals surface area contributed by atoms with E-state index in [9.17, 15) is 4.79 Å². The van der Waals surface area contributed by atoms with Crippen molar-refractivity contribution < 1.29 is 9.90 Å². The van der Waals surface area contributed by atoms with Crippen molar-refractivity contribution in [1.82, 2.24) is 4.90 Å². The van der Waals surface area contributed by atoms with Crippen LogP contribution < -0.4 is 0 Å². The molecule has 0 heterocycles. The third-order valence-electron chi connectivity index (χ3n) is 2.96. The van der Waals surface area contributed by atoms with Gasteiger partial charge in [-0.2, -0.15) is 0 Å². The Labute approximate surface area is 109 Å². The highest BCUT2D eigenvalue weighted by Gasteiger charge is 2.16. The fourth-order valence-corrected chi connectivity index (χ4v) is 2.28. The molecule has 1 aromatic carbocycles. The van der Waals surface area contributed by atoms with E-state index in [1.807, 2.05) is 30.1 Å². The molecular weight excluding hydrogens is 226 g/mol. The average Bonchev–Trinajstić information content (AvgIpc) is 2.27. The number of aliphatic carboxylic acids is 1. The molecule has 3 heteroatoms. The number of benzene rings is 1. The predicted octanol–water partition coefficient (Wildman–Crippen LogP) is 2.83. The minimum Gasteiger partial charge on any atom is -0.480 e. The van der Waals surface area contributed by atoms with E-state index in [4.69, 9.17) is 5.11 Å². The number of rotatable bonds is 7. The summed E-state index contributed by atoms with van der Waals surface area (Å²) >= 11 is 0. The van der Waals surface area contributed by atoms with Crippen molar-refractivity contribution in [3.05, 3.63) is 35.9 Å². The maximum atomic E-state index is 10.7. The Kier molecular flexibility index (Phi) is 5.86. The number of carboxylic acid groups (broad SMARTS) is 1. The van der Waals surface area contributed by atoms with Crippen LogP contribution in [0.4, 0.5) is 0 Å². The van der Waals surface area contributed by atoms with E-state index < -0.39 is 5.97 Å². The van der Waals surface area contributed by atoms with Crippen LogP contribution in [-0.2, 0) is 4.79 Å². The SMILES string of the molecule is CC(C)CC(CN(C)CC(=O)O)c1ccccc1. The molecule has 0 fully saturated rings. The van der Waals surface area contributed by atoms with Crippen molar-refractivity contribution in [2.24, 2.45) is 5.92 Å². The minimum absolute atomic E-state index is 0.0986. The van der Waals surface area contributed by atoms with Gasteiger partial charge in [-0.05, 0) is 30.9 Å². The largest absolute Gasteiger partial charge is 0.480 e. The van der Waals surface area contributed by atoms with Gasteiger partial charge in [-0.25, -0.2) is 0 Å². The highest BCUT2D eigenvalue weighted by molar-refractivity contribution is 5.69. The van der Waals surface area contributed by atoms with Gasteiger partial charge in [0.15, 0.2) is 0 Å². The summed E-state index contributed by atoms with van der Waals surface area (Å²) in [5.74, 6) is 0.234. The number of carbonyl (C=O) groups is 1. The van der Waals surface area contributed by atoms with E-state index in [0.717, 1.165) is 13.0 Å². The van der Waals surface area contributed by atoms with E-state index in [2.05, 4.69) is 26.0 Å². The molecule has 0 saturated heterocycles. The van der Waals surface area contributed by atoms with Crippen LogP contribution in [0.5, 0.6) is 0 Å². The molecule has 3 nitrogen and oxygen atoms in total. The summed E-state index contributed by atoms with van der Waals surface area (Å²) in [5.41, 5.74) is 1.29. The molecule has 0 aliphatic carbocycles. The van der Waals surface area contributed by atoms with E-state index in [1.54, 1.807) is 0 Å². The Morgan fingerprint density at radius 2 is 1.89 bits per heavy atom. The summed E-state index contributed by atoms with van der Waals surface area (Å²) in [7, 11) is 1.87. The predicted molar refractivity (Wildman–Crippen MR) is 73.8 cm³/mol. The Morgan fingerprint density at radius 1 is 1.28 bits per heavy atom. The monoisotopic (exact) mass is 249 g/mol. The van der Waals surface area contributed by atoms with Crippen LogP contribution in [0.2, 0.25) is 0 Å². The van der Waals surface area contributed by atoms with E-state index >= 15 is 0 Å². The lowest BCUT2D eigenvalue weighted by molar-refractivity contribution is -0.138. The van der Waals surface area contributed by atoms with Crippen molar-refractivity contribution in [3.63, 3.8) is 0 Å². The highest BCUT2D eigenvalue weighted by atomic mass is 16.4. The van der Waals surface area contributed by atoms with E-state index in [0.29, 0.717) is 11.8 Å². The van der Waals surface area contributed by atoms with Gasteiger partial charge >= 0.3 is 5.97 Å². The van der Waals surface area contributed by atoms with Gasteiger partial charge in [0.25, 0.3) is 0 Å². The summed E-state index contributed by atoms with van der Waals surface area (Å²) in [6.07, 6.45) is 1.08. The van der Waals surface area contributed by atoms with Gasteiger partial charge in [-0.3, -0.25) is 9.69 Å². The van der Waals surface area contributed by atoms with Gasteiger partial charge in [-0.15, -0.1) is 0 Å². The molecule has 1 aromatic rings. The van der Waals surface area contributed by atoms with Crippen molar-refractivity contribution in [2.75, 3.05) is 20.1 Å². The Balaban J connectivity index is 2.70. The third kappa shape index (κ3) is 5.32. The zero-order chi connectivity index (χ0) is 13.5. The molecular formula is C15H23NO2. The number of carboxylic acids is 1. The first-order chi connectivity index (χ1) is 8.49. The van der Waals surface area contributed by atoms with Gasteiger partial charge in [0.2, 0.25) is 0 Å². The molecule has 0 aromatic heterocycles. The van der Waals surface area contributed by atoms with Crippen LogP contribution in [0, 0.1) is 5.92 Å². The van der Waals surface area contributed by atoms with Crippen LogP contribution in [0.25, 0.3) is 0 Å². The van der Waals surface area contributed by atoms with Crippen molar-refractivity contribution >= 4 is 5.97 Å². The second kappa shape index (κ2) is 7.17. The van der Waals surface area contributed by atoms with Gasteiger partial charge in [0.1, 0.15) is 0 Å². The number of likely N-dealkylation sites (N-methyl/N-ethyl adjacent to an activating group) is 1. The number of hydrogen-bond acceptors (Lipinski definition) is 2. The van der Waals surface area contributed by atoms with Crippen LogP contribution in [0.3, 0.4) is 0 Å². The van der Waals surface area contributed by atoms with Gasteiger partial charge in [-0.1, -0.05) is 44.2 Å². The average molecular weight is 249 g/mol. The maximum Gasteiger partial charge on any atom is 0.317 e. The standard InChI is InChI=1S/C15H23NO2/c1-12(2)9-14(10-16(3)11-15(17)18)13-7-5-4-6-8-13/h4-8,12,14H,9-11H2,1-3H3,(H,17,18). The summed E-state index contributed by atoms with van der Waals surface area (Å²) in [6, 6.07) is 10.3. The zero-order valence-electron chi connectivity index (χ0n) is 11.5. The summed E-state index contributed by atoms with van der Waals surface area (Å²) < 4.78 is 0. The zero-order valence-corrected chi connectivity index (χ0v) is 11.5. The molecule has 1 unspecified atom stereocenters. The molecule has 1 rings (SSSR count). The quantitative estimate of drug-likeness (QED) is 0.807. The third-order valence-corrected chi connectivity index (χ3v) is 2.96. The van der Waals surface area contributed by atoms with Crippen LogP contribution in [-0.4, -0.2) is 36.1 Å². The molecule has 1 atom stereocenters. The van der Waals surface area contributed by atoms with Crippen LogP contribution >= 0.6 is 0 Å². The van der Waals surface area contributed by atoms with Crippen molar-refractivity contribution in [1.29, 1.82) is 0 Å². The molecule has 0 bridgehead atoms. The Hall–Kier alpha value is -1.35. The molecule has 0 radical (unpaired) electrons. The second-order valence-corrected chi connectivity index (χ2v) is 5.33. The summed E-state index contributed by atoms with van der Waals surface area (Å²) in [6.45, 7) is 5.29. The van der Waals surface area contributed by atoms with Crippen molar-refractivity contribution in [2.45, 2.75) is 26.2 Å². The fraction of sp³-hybridized carbons (Fsp3) is 0.533. The van der Waals surface area contributed by atoms with Gasteiger partial charge in [0.05, 0.1) is 6.54 Å². The first-order valence-electron chi connectivity index (χ1n) is 6.44. The first-order valence-corrected chi connectivity index (χ1v) is 6.44. The molecule has 0 aliphatic heterocycles. The smallest absolute Gasteiger partial charge is 0.317 e. The number of hydrogen-bond donors (Lipinski definition) is 1.